The van der Waals surface area contributed by atoms with Gasteiger partial charge in [0.15, 0.2) is 0 Å². The number of hydrogen-bond donors (Lipinski definition) is 2. The van der Waals surface area contributed by atoms with Crippen LogP contribution in [0.5, 0.6) is 5.75 Å². The number of aryl methyl sites for hydroxylation is 1. The monoisotopic (exact) mass is 374 g/mol. The van der Waals surface area contributed by atoms with E-state index in [-0.39, 0.29) is 18.2 Å². The lowest BCUT2D eigenvalue weighted by atomic mass is 10.3. The Balaban J connectivity index is 1.68. The number of hydrogen-bond acceptors (Lipinski definition) is 6. The maximum atomic E-state index is 12.5. The molecular weight excluding hydrogens is 360 g/mol. The Kier molecular flexibility index (Phi) is 4.91. The molecule has 2 heterocycles. The number of thiocarbonyl (C=S) groups is 1. The number of phenols is 1. The molecule has 6 nitrogen and oxygen atoms in total. The predicted octanol–water partition coefficient (Wildman–Crippen LogP) is 3.13. The molecule has 0 spiro atoms. The molecule has 2 amide bonds. The second-order valence-corrected chi connectivity index (χ2v) is 6.99. The van der Waals surface area contributed by atoms with Gasteiger partial charge in [-0.05, 0) is 31.2 Å². The molecule has 1 aliphatic rings. The first-order chi connectivity index (χ1) is 11.9. The number of benzene rings is 1. The Morgan fingerprint density at radius 3 is 2.88 bits per heavy atom. The molecule has 1 aromatic carbocycles. The van der Waals surface area contributed by atoms with Gasteiger partial charge in [-0.25, -0.2) is 0 Å². The van der Waals surface area contributed by atoms with E-state index in [0.717, 1.165) is 17.5 Å². The fourth-order valence-electron chi connectivity index (χ4n) is 2.22. The van der Waals surface area contributed by atoms with Crippen molar-refractivity contribution in [3.8, 4) is 5.75 Å². The average molecular weight is 374 g/mol. The van der Waals surface area contributed by atoms with Crippen molar-refractivity contribution in [3.63, 3.8) is 0 Å². The van der Waals surface area contributed by atoms with Crippen molar-refractivity contribution >= 4 is 51.9 Å². The largest absolute Gasteiger partial charge is 0.508 e. The quantitative estimate of drug-likeness (QED) is 0.632. The van der Waals surface area contributed by atoms with Crippen LogP contribution in [0.25, 0.3) is 6.08 Å². The third-order valence-corrected chi connectivity index (χ3v) is 4.72. The van der Waals surface area contributed by atoms with Crippen molar-refractivity contribution in [2.75, 3.05) is 11.9 Å². The van der Waals surface area contributed by atoms with Gasteiger partial charge < -0.3 is 14.8 Å². The zero-order valence-electron chi connectivity index (χ0n) is 13.2. The molecule has 8 heteroatoms. The Morgan fingerprint density at radius 2 is 2.20 bits per heavy atom. The summed E-state index contributed by atoms with van der Waals surface area (Å²) >= 11 is 6.32. The highest BCUT2D eigenvalue weighted by Gasteiger charge is 2.33. The number of amides is 2. The molecule has 0 aliphatic carbocycles. The Labute approximate surface area is 153 Å². The van der Waals surface area contributed by atoms with Crippen LogP contribution < -0.4 is 5.32 Å². The summed E-state index contributed by atoms with van der Waals surface area (Å²) < 4.78 is 5.74. The molecule has 0 bridgehead atoms. The molecule has 0 radical (unpaired) electrons. The first kappa shape index (κ1) is 17.2. The van der Waals surface area contributed by atoms with Crippen LogP contribution in [0.3, 0.4) is 0 Å². The summed E-state index contributed by atoms with van der Waals surface area (Å²) in [7, 11) is 0. The van der Waals surface area contributed by atoms with E-state index < -0.39 is 5.91 Å². The predicted molar refractivity (Wildman–Crippen MR) is 100 cm³/mol. The van der Waals surface area contributed by atoms with Gasteiger partial charge in [-0.2, -0.15) is 0 Å². The number of furan rings is 1. The number of carbonyl (C=O) groups is 2. The zero-order valence-corrected chi connectivity index (χ0v) is 14.8. The fourth-order valence-corrected chi connectivity index (χ4v) is 3.46. The van der Waals surface area contributed by atoms with Crippen molar-refractivity contribution in [1.82, 2.24) is 4.90 Å². The second kappa shape index (κ2) is 7.12. The summed E-state index contributed by atoms with van der Waals surface area (Å²) in [6.07, 6.45) is 1.61. The molecule has 1 aromatic heterocycles. The second-order valence-electron chi connectivity index (χ2n) is 5.31. The van der Waals surface area contributed by atoms with E-state index in [0.29, 0.717) is 20.7 Å². The van der Waals surface area contributed by atoms with E-state index in [1.165, 1.54) is 17.0 Å². The minimum Gasteiger partial charge on any atom is -0.508 e. The Morgan fingerprint density at radius 1 is 1.40 bits per heavy atom. The van der Waals surface area contributed by atoms with Crippen molar-refractivity contribution < 1.29 is 19.1 Å². The number of carbonyl (C=O) groups excluding carboxylic acids is 2. The molecule has 128 valence electrons. The summed E-state index contributed by atoms with van der Waals surface area (Å²) in [6, 6.07) is 9.73. The summed E-state index contributed by atoms with van der Waals surface area (Å²) in [5.74, 6) is 0.599. The summed E-state index contributed by atoms with van der Waals surface area (Å²) in [4.78, 5) is 26.2. The molecule has 0 unspecified atom stereocenters. The molecular formula is C17H14N2O4S2. The minimum absolute atomic E-state index is 0.0417. The maximum absolute atomic E-state index is 12.5. The topological polar surface area (TPSA) is 82.8 Å². The van der Waals surface area contributed by atoms with E-state index in [1.807, 2.05) is 6.92 Å². The highest BCUT2D eigenvalue weighted by atomic mass is 32.2. The number of thioether (sulfide) groups is 1. The molecule has 25 heavy (non-hydrogen) atoms. The normalized spacial score (nSPS) is 15.9. The van der Waals surface area contributed by atoms with Gasteiger partial charge in [-0.3, -0.25) is 14.5 Å². The standard InChI is InChI=1S/C17H14N2O4S2/c1-10-5-6-13(23-10)8-14-16(22)19(17(24)25-14)9-15(21)18-11-3-2-4-12(20)7-11/h2-8,20H,9H2,1H3,(H,18,21)/b14-8-. The van der Waals surface area contributed by atoms with Crippen LogP contribution in [-0.4, -0.2) is 32.7 Å². The van der Waals surface area contributed by atoms with Gasteiger partial charge in [0.1, 0.15) is 28.1 Å². The maximum Gasteiger partial charge on any atom is 0.266 e. The van der Waals surface area contributed by atoms with E-state index in [2.05, 4.69) is 5.32 Å². The molecule has 0 atom stereocenters. The van der Waals surface area contributed by atoms with Crippen molar-refractivity contribution in [2.45, 2.75) is 6.92 Å². The average Bonchev–Trinajstić information content (AvgIpc) is 3.06. The van der Waals surface area contributed by atoms with Gasteiger partial charge in [0.05, 0.1) is 4.91 Å². The summed E-state index contributed by atoms with van der Waals surface area (Å²) in [5.41, 5.74) is 0.442. The number of rotatable bonds is 4. The van der Waals surface area contributed by atoms with Crippen LogP contribution in [0.1, 0.15) is 11.5 Å². The molecule has 2 N–H and O–H groups in total. The minimum atomic E-state index is -0.406. The zero-order chi connectivity index (χ0) is 18.0. The van der Waals surface area contributed by atoms with E-state index in [4.69, 9.17) is 16.6 Å². The van der Waals surface area contributed by atoms with Crippen LogP contribution in [0.15, 0.2) is 45.7 Å². The molecule has 3 rings (SSSR count). The fraction of sp³-hybridized carbons (Fsp3) is 0.118. The lowest BCUT2D eigenvalue weighted by Crippen LogP contribution is -2.36. The van der Waals surface area contributed by atoms with Gasteiger partial charge in [0.2, 0.25) is 5.91 Å². The Hall–Kier alpha value is -2.58. The number of aromatic hydroxyl groups is 1. The third-order valence-electron chi connectivity index (χ3n) is 3.34. The SMILES string of the molecule is Cc1ccc(/C=C2\SC(=S)N(CC(=O)Nc3cccc(O)c3)C2=O)o1. The summed E-state index contributed by atoms with van der Waals surface area (Å²) in [6.45, 7) is 1.61. The van der Waals surface area contributed by atoms with Crippen molar-refractivity contribution in [1.29, 1.82) is 0 Å². The van der Waals surface area contributed by atoms with Crippen LogP contribution in [0, 0.1) is 6.92 Å². The van der Waals surface area contributed by atoms with E-state index >= 15 is 0 Å². The van der Waals surface area contributed by atoms with Crippen LogP contribution in [0.4, 0.5) is 5.69 Å². The van der Waals surface area contributed by atoms with Gasteiger partial charge in [0.25, 0.3) is 5.91 Å². The number of nitrogens with one attached hydrogen (secondary N) is 1. The van der Waals surface area contributed by atoms with Gasteiger partial charge in [-0.1, -0.05) is 30.0 Å². The van der Waals surface area contributed by atoms with Gasteiger partial charge >= 0.3 is 0 Å². The highest BCUT2D eigenvalue weighted by molar-refractivity contribution is 8.26. The molecule has 1 saturated heterocycles. The smallest absolute Gasteiger partial charge is 0.266 e. The van der Waals surface area contributed by atoms with Crippen molar-refractivity contribution in [2.24, 2.45) is 0 Å². The number of nitrogens with zero attached hydrogens (tertiary/aromatic N) is 1. The van der Waals surface area contributed by atoms with E-state index in [1.54, 1.807) is 30.3 Å². The number of phenolic OH excluding ortho intramolecular Hbond substituents is 1. The highest BCUT2D eigenvalue weighted by Crippen LogP contribution is 2.32. The molecule has 1 fully saturated rings. The first-order valence-corrected chi connectivity index (χ1v) is 8.55. The summed E-state index contributed by atoms with van der Waals surface area (Å²) in [5, 5.41) is 12.0. The lowest BCUT2D eigenvalue weighted by molar-refractivity contribution is -0.126. The molecule has 2 aromatic rings. The third kappa shape index (κ3) is 4.09. The van der Waals surface area contributed by atoms with Crippen LogP contribution in [0.2, 0.25) is 0 Å². The lowest BCUT2D eigenvalue weighted by Gasteiger charge is -2.14. The number of anilines is 1. The van der Waals surface area contributed by atoms with Crippen LogP contribution in [-0.2, 0) is 9.59 Å². The Bertz CT molecular complexity index is 888. The van der Waals surface area contributed by atoms with E-state index in [9.17, 15) is 14.7 Å². The van der Waals surface area contributed by atoms with Crippen molar-refractivity contribution in [3.05, 3.63) is 52.8 Å². The first-order valence-electron chi connectivity index (χ1n) is 7.33. The van der Waals surface area contributed by atoms with Crippen LogP contribution >= 0.6 is 24.0 Å². The molecule has 1 aliphatic heterocycles. The molecule has 0 saturated carbocycles. The van der Waals surface area contributed by atoms with Gasteiger partial charge in [-0.15, -0.1) is 0 Å². The van der Waals surface area contributed by atoms with Gasteiger partial charge in [0, 0.05) is 17.8 Å².